The van der Waals surface area contributed by atoms with Crippen LogP contribution in [0.2, 0.25) is 15.1 Å². The number of nitrogens with zero attached hydrogens (tertiary/aromatic N) is 8. The van der Waals surface area contributed by atoms with Gasteiger partial charge in [0.2, 0.25) is 23.0 Å². The predicted molar refractivity (Wildman–Crippen MR) is 604 cm³/mol. The molecule has 0 radical (unpaired) electrons. The van der Waals surface area contributed by atoms with Gasteiger partial charge in [-0.2, -0.15) is 5.10 Å². The summed E-state index contributed by atoms with van der Waals surface area (Å²) >= 11 is 57.2. The number of amides is 2. The topological polar surface area (TPSA) is 504 Å². The monoisotopic (exact) mass is 2290 g/mol. The number of hydrogen-bond acceptors (Lipinski definition) is 24. The molecule has 768 valence electrons. The average molecular weight is 2290 g/mol. The Labute approximate surface area is 995 Å². The Morgan fingerprint density at radius 2 is 0.924 bits per heavy atom. The molecule has 0 unspecified atom stereocenters. The normalized spacial score (nSPS) is 9.48. The molecule has 17 N–H and O–H groups in total. The summed E-state index contributed by atoms with van der Waals surface area (Å²) in [5, 5.41) is 77.8. The molecule has 0 aliphatic rings. The van der Waals surface area contributed by atoms with E-state index in [1.165, 1.54) is 66.3 Å². The van der Waals surface area contributed by atoms with Crippen molar-refractivity contribution in [3.05, 3.63) is 340 Å². The van der Waals surface area contributed by atoms with Crippen molar-refractivity contribution in [2.45, 2.75) is 88.7 Å². The van der Waals surface area contributed by atoms with Gasteiger partial charge in [-0.25, -0.2) is 5.84 Å². The molecule has 145 heavy (non-hydrogen) atoms. The Morgan fingerprint density at radius 3 is 1.30 bits per heavy atom. The second kappa shape index (κ2) is 79.6. The van der Waals surface area contributed by atoms with Crippen molar-refractivity contribution >= 4 is 281 Å². The number of fused-ring (bicyclic) bond motifs is 5. The Hall–Kier alpha value is -9.59. The number of benzene rings is 13. The van der Waals surface area contributed by atoms with Crippen molar-refractivity contribution in [2.24, 2.45) is 22.4 Å². The number of hydrazone groups is 1. The Morgan fingerprint density at radius 1 is 0.552 bits per heavy atom. The van der Waals surface area contributed by atoms with Gasteiger partial charge in [0.1, 0.15) is 17.5 Å². The molecule has 2 heterocycles. The number of nitrogens with one attached hydrogen (secondary N) is 6. The minimum absolute atomic E-state index is 0. The second-order valence-corrected chi connectivity index (χ2v) is 32.9. The molecule has 0 bridgehead atoms. The molecule has 13 aromatic carbocycles. The first-order valence-electron chi connectivity index (χ1n) is 41.4. The molecule has 47 heteroatoms. The number of nitrogen functional groups attached to an aromatic ring is 2. The number of rotatable bonds is 14. The van der Waals surface area contributed by atoms with Crippen LogP contribution in [0.1, 0.15) is 77.4 Å². The molecule has 0 fully saturated rings. The number of aromatic nitrogens is 6. The molecule has 2 amide bonds. The number of nitrogens with two attached hydrogens (primary N) is 5. The number of alkyl halides is 4. The molecule has 0 aliphatic carbocycles. The van der Waals surface area contributed by atoms with E-state index >= 15 is 0 Å². The number of thioether (sulfide) groups is 1. The van der Waals surface area contributed by atoms with Crippen LogP contribution in [0.15, 0.2) is 271 Å². The van der Waals surface area contributed by atoms with Gasteiger partial charge in [-0.05, 0) is 231 Å². The molecular formula is C98H114Cl9K2N19O13S4. The van der Waals surface area contributed by atoms with E-state index in [0.29, 0.717) is 66.6 Å². The van der Waals surface area contributed by atoms with Gasteiger partial charge in [0, 0.05) is 43.2 Å². The predicted octanol–water partition coefficient (Wildman–Crippen LogP) is 18.3. The van der Waals surface area contributed by atoms with E-state index < -0.39 is 10.3 Å². The van der Waals surface area contributed by atoms with Crippen LogP contribution >= 0.6 is 154 Å². The van der Waals surface area contributed by atoms with Crippen LogP contribution in [0.25, 0.3) is 65.2 Å². The third-order valence-corrected chi connectivity index (χ3v) is 21.0. The van der Waals surface area contributed by atoms with Gasteiger partial charge in [-0.3, -0.25) is 54.4 Å². The number of hydrazine groups is 1. The maximum absolute atomic E-state index is 12.4. The number of aryl methyl sites for hydroxylation is 7. The third-order valence-electron chi connectivity index (χ3n) is 17.8. The zero-order valence-corrected chi connectivity index (χ0v) is 96.9. The number of nitro groups is 1. The Bertz CT molecular complexity index is 6600. The number of para-hydroxylation sites is 3. The van der Waals surface area contributed by atoms with E-state index in [-0.39, 0.29) is 193 Å². The number of anilines is 4. The van der Waals surface area contributed by atoms with Crippen LogP contribution in [0, 0.1) is 78.9 Å². The largest absolute Gasteiger partial charge is 1.00 e. The van der Waals surface area contributed by atoms with Crippen LogP contribution in [0.4, 0.5) is 28.4 Å². The molecular weight excluding hydrogens is 2180 g/mol. The van der Waals surface area contributed by atoms with Gasteiger partial charge in [-0.15, -0.1) is 84.2 Å². The number of aromatic amines is 1. The summed E-state index contributed by atoms with van der Waals surface area (Å²) in [6.45, 7) is 22.3. The molecule has 0 aliphatic heterocycles. The zero-order valence-electron chi connectivity index (χ0n) is 81.5. The van der Waals surface area contributed by atoms with Crippen molar-refractivity contribution < 1.29 is 160 Å². The van der Waals surface area contributed by atoms with Crippen LogP contribution in [0.3, 0.4) is 0 Å². The van der Waals surface area contributed by atoms with E-state index in [4.69, 9.17) is 163 Å². The van der Waals surface area contributed by atoms with Crippen molar-refractivity contribution in [3.8, 4) is 11.4 Å². The number of ether oxygens (including phenoxy) is 2. The fourth-order valence-electron chi connectivity index (χ4n) is 11.8. The van der Waals surface area contributed by atoms with Crippen LogP contribution < -0.4 is 158 Å². The molecule has 0 atom stereocenters. The maximum Gasteiger partial charge on any atom is 1.00 e. The van der Waals surface area contributed by atoms with Crippen LogP contribution in [0.5, 0.6) is 0 Å². The van der Waals surface area contributed by atoms with Crippen LogP contribution in [-0.2, 0) is 33.5 Å². The molecule has 15 rings (SSSR count). The first-order valence-corrected chi connectivity index (χ1v) is 47.2. The first kappa shape index (κ1) is 140. The first-order chi connectivity index (χ1) is 67.2. The van der Waals surface area contributed by atoms with Gasteiger partial charge in [0.25, 0.3) is 17.2 Å². The molecule has 0 spiro atoms. The molecule has 2 aromatic heterocycles. The standard InChI is InChI=1S/C22H19ClN4OS.C14H13N3S.C11H9NO2.C11H11N.C11H10.C8H7Cl2NO.C6H6ClN.C5H11N3OS.C4H9NO.C2H2Cl2O.CH2Cl2.CH5N3S.CH2O3.CH4.ClH.2K.HNO3.H2.H/c1-14-11-12-20(17-8-4-3-7-16(14)17)27-15(2)25-26-22(27)29-13-21(28)24-19-10-6-5-9-18(19)23;1-9-7-8-13(12-6-4-3-5-11(9)12)17-10(2)15-16-14(17)18;1-8-6-7-11(12(13)14)10-5-3-2-4-9(8)10;1-8-6-7-11(12)10-5-3-2-4-9(8)10;1-9-5-4-7-10-6-2-3-8-11(9)10;9-5-8(12)11-7-4-2-1-3-6(7)10;7-5-3-1-2-4-6(5)8;1-3-9-4(2)7-8-5(6)10;1-3-6-4(2)5;3-1-2(4)5;2-1-3;2-1(5)4-3;2-1-4-3;;;;;2-1(3)4;;/h3-12H,13H2,1-2H3,(H,24,28);3-8H,1-2H3,(H,16,18);2-7H,1H3;2-7H,12H2,1H3;2-8H,1H3;1-4H,5H2,(H,11,12);1-4H,8H2;3H2,1-2H3,(H3,6,8,10);5H,3H2,1-2H3;1H2;1H2;3H2,(H3,2,4,5);1,3H;1H4;1H;;;(H,2,3,4);1H;/q;;;;;;;;;;;;;;;2*+1;;;-1/p-1/b;;;;;;;7-4-;;;;;;;;;;;;. The summed E-state index contributed by atoms with van der Waals surface area (Å²) in [6, 6.07) is 84.1. The third kappa shape index (κ3) is 53.7. The van der Waals surface area contributed by atoms with E-state index in [0.717, 1.165) is 50.4 Å². The number of carbonyl (C=O) groups excluding carboxylic acids is 4. The van der Waals surface area contributed by atoms with Gasteiger partial charge >= 0.3 is 103 Å². The fourth-order valence-corrected chi connectivity index (χ4v) is 13.5. The molecule has 0 saturated heterocycles. The smallest absolute Gasteiger partial charge is 1.00 e. The quantitative estimate of drug-likeness (QED) is 0.00384. The minimum atomic E-state index is -1.50. The van der Waals surface area contributed by atoms with Crippen molar-refractivity contribution in [1.82, 2.24) is 40.4 Å². The number of non-ortho nitro benzene ring substituents is 1. The maximum atomic E-state index is 12.4. The van der Waals surface area contributed by atoms with Gasteiger partial charge < -0.3 is 65.2 Å². The summed E-state index contributed by atoms with van der Waals surface area (Å²) in [6.07, 6.45) is 0. The number of nitro benzene ring substituents is 1. The second-order valence-electron chi connectivity index (χ2n) is 27.7. The average Bonchev–Trinajstić information content (AvgIpc) is 1.70. The SMILES string of the molecule is C.CCO/C(C)=N\NC(N)=S.CCOC(C)=N.Cc1ccc(-n2c(C)n[nH]c2=S)c2ccccc12.Cc1ccc(-n2c(C)nnc2SCC(=O)Nc2ccccc2Cl)c2ccccc12.Cc1ccc(N)c2ccccc12.Cc1ccc([N+](=O)[O-])c2ccccc12.Cc1cccc2ccccc12.Cl.ClCCl.NNC(N)=S.Nc1ccccc1Cl.O=C(CCl)Nc1ccccc1Cl.O=C(Cl)CCl.O=CO[O-].O=[N+]([O-])O.[H-].[HH].[K+].[K+]. The van der Waals surface area contributed by atoms with Gasteiger partial charge in [0.05, 0.1) is 84.0 Å². The van der Waals surface area contributed by atoms with E-state index in [2.05, 4.69) is 224 Å². The van der Waals surface area contributed by atoms with Crippen molar-refractivity contribution in [3.63, 3.8) is 0 Å². The van der Waals surface area contributed by atoms with Crippen molar-refractivity contribution in [1.29, 1.82) is 5.41 Å². The summed E-state index contributed by atoms with van der Waals surface area (Å²) in [5.41, 5.74) is 36.6. The zero-order chi connectivity index (χ0) is 106. The summed E-state index contributed by atoms with van der Waals surface area (Å²) in [7, 11) is 0. The summed E-state index contributed by atoms with van der Waals surface area (Å²) in [5.74, 6) is 6.74. The number of hydrogen-bond donors (Lipinski definition) is 12. The van der Waals surface area contributed by atoms with Crippen LogP contribution in [-0.4, -0.2) is 126 Å². The molecule has 32 nitrogen and oxygen atoms in total. The van der Waals surface area contributed by atoms with E-state index in [9.17, 15) is 24.5 Å². The van der Waals surface area contributed by atoms with E-state index in [1.54, 1.807) is 80.6 Å². The minimum Gasteiger partial charge on any atom is -1.00 e. The Balaban J connectivity index is -0.000000513. The Kier molecular flexibility index (Phi) is 76.6. The molecule has 0 saturated carbocycles. The van der Waals surface area contributed by atoms with Gasteiger partial charge in [-0.1, -0.05) is 248 Å². The van der Waals surface area contributed by atoms with Gasteiger partial charge in [0.15, 0.2) is 26.1 Å². The van der Waals surface area contributed by atoms with Crippen molar-refractivity contribution in [2.75, 3.05) is 58.2 Å². The van der Waals surface area contributed by atoms with E-state index in [1.807, 2.05) is 128 Å². The fraction of sp³-hybridized carbons (Fsp3) is 0.184. The summed E-state index contributed by atoms with van der Waals surface area (Å²) in [4.78, 5) is 62.7. The number of thiocarbonyl (C=S) groups is 2. The number of halogens is 9. The number of carbonyl (C=O) groups is 4. The number of H-pyrrole nitrogens is 1. The summed E-state index contributed by atoms with van der Waals surface area (Å²) < 4.78 is 14.2. The molecule has 15 aromatic rings.